The molecule has 0 aliphatic rings. The van der Waals surface area contributed by atoms with Crippen molar-refractivity contribution in [1.29, 1.82) is 0 Å². The fourth-order valence-electron chi connectivity index (χ4n) is 0.515. The molecule has 0 fully saturated rings. The molecular formula is C7H15NO. The molecule has 0 radical (unpaired) electrons. The normalized spacial score (nSPS) is 16.3. The minimum atomic E-state index is 0.329. The average molecular weight is 129 g/mol. The fraction of sp³-hybridized carbons (Fsp3) is 0.714. The van der Waals surface area contributed by atoms with Gasteiger partial charge in [-0.05, 0) is 33.5 Å². The Morgan fingerprint density at radius 2 is 2.00 bits per heavy atom. The smallest absolute Gasteiger partial charge is 0.0796 e. The molecule has 0 bridgehead atoms. The van der Waals surface area contributed by atoms with Gasteiger partial charge < -0.3 is 10.0 Å². The molecule has 2 heteroatoms. The van der Waals surface area contributed by atoms with Crippen molar-refractivity contribution in [2.75, 3.05) is 14.1 Å². The Morgan fingerprint density at radius 3 is 2.11 bits per heavy atom. The van der Waals surface area contributed by atoms with Gasteiger partial charge in [0.2, 0.25) is 0 Å². The predicted molar refractivity (Wildman–Crippen MR) is 39.5 cm³/mol. The minimum absolute atomic E-state index is 0.329. The van der Waals surface area contributed by atoms with Gasteiger partial charge in [0.05, 0.1) is 6.26 Å². The third-order valence-corrected chi connectivity index (χ3v) is 1.64. The van der Waals surface area contributed by atoms with Crippen LogP contribution in [0.2, 0.25) is 0 Å². The number of aliphatic hydroxyl groups excluding tert-OH is 1. The van der Waals surface area contributed by atoms with Gasteiger partial charge in [-0.15, -0.1) is 0 Å². The zero-order valence-corrected chi connectivity index (χ0v) is 6.55. The van der Waals surface area contributed by atoms with Crippen LogP contribution in [0.1, 0.15) is 13.8 Å². The first-order chi connectivity index (χ1) is 4.09. The van der Waals surface area contributed by atoms with Gasteiger partial charge >= 0.3 is 0 Å². The molecule has 0 aliphatic heterocycles. The molecule has 2 nitrogen and oxygen atoms in total. The van der Waals surface area contributed by atoms with E-state index in [0.717, 1.165) is 11.8 Å². The molecule has 0 heterocycles. The molecule has 9 heavy (non-hydrogen) atoms. The Hall–Kier alpha value is -0.500. The zero-order chi connectivity index (χ0) is 7.44. The summed E-state index contributed by atoms with van der Waals surface area (Å²) < 4.78 is 0. The highest BCUT2D eigenvalue weighted by Crippen LogP contribution is 2.03. The summed E-state index contributed by atoms with van der Waals surface area (Å²) in [6.45, 7) is 3.95. The van der Waals surface area contributed by atoms with E-state index in [1.807, 2.05) is 32.8 Å². The van der Waals surface area contributed by atoms with E-state index in [2.05, 4.69) is 0 Å². The van der Waals surface area contributed by atoms with Crippen LogP contribution in [0.3, 0.4) is 0 Å². The lowest BCUT2D eigenvalue weighted by Crippen LogP contribution is -2.25. The number of aliphatic hydroxyl groups is 1. The highest BCUT2D eigenvalue weighted by Gasteiger charge is 2.04. The molecule has 0 aromatic heterocycles. The van der Waals surface area contributed by atoms with E-state index in [-0.39, 0.29) is 0 Å². The molecule has 0 rings (SSSR count). The minimum Gasteiger partial charge on any atom is -0.516 e. The Morgan fingerprint density at radius 1 is 1.56 bits per heavy atom. The quantitative estimate of drug-likeness (QED) is 0.570. The van der Waals surface area contributed by atoms with Gasteiger partial charge in [-0.3, -0.25) is 0 Å². The molecule has 1 N–H and O–H groups in total. The highest BCUT2D eigenvalue weighted by molar-refractivity contribution is 5.01. The van der Waals surface area contributed by atoms with Crippen molar-refractivity contribution in [3.05, 3.63) is 11.8 Å². The molecule has 0 amide bonds. The van der Waals surface area contributed by atoms with Gasteiger partial charge in [-0.2, -0.15) is 0 Å². The average Bonchev–Trinajstić information content (AvgIpc) is 1.84. The third kappa shape index (κ3) is 2.51. The van der Waals surface area contributed by atoms with E-state index in [1.165, 1.54) is 0 Å². The van der Waals surface area contributed by atoms with Crippen molar-refractivity contribution >= 4 is 0 Å². The number of rotatable bonds is 2. The Kier molecular flexibility index (Phi) is 3.32. The van der Waals surface area contributed by atoms with Crippen molar-refractivity contribution in [1.82, 2.24) is 4.90 Å². The SMILES string of the molecule is CC(=CO)C(C)N(C)C. The van der Waals surface area contributed by atoms with E-state index in [1.54, 1.807) is 0 Å². The lowest BCUT2D eigenvalue weighted by Gasteiger charge is -2.19. The topological polar surface area (TPSA) is 23.5 Å². The maximum Gasteiger partial charge on any atom is 0.0796 e. The van der Waals surface area contributed by atoms with E-state index in [4.69, 9.17) is 5.11 Å². The second kappa shape index (κ2) is 3.51. The maximum absolute atomic E-state index is 8.57. The number of nitrogens with zero attached hydrogens (tertiary/aromatic N) is 1. The Bertz CT molecular complexity index is 107. The summed E-state index contributed by atoms with van der Waals surface area (Å²) in [6, 6.07) is 0.329. The van der Waals surface area contributed by atoms with E-state index in [9.17, 15) is 0 Å². The molecule has 1 atom stereocenters. The standard InChI is InChI=1S/C7H15NO/c1-6(5-9)7(2)8(3)4/h5,7,9H,1-4H3. The third-order valence-electron chi connectivity index (χ3n) is 1.64. The first-order valence-electron chi connectivity index (χ1n) is 3.07. The largest absolute Gasteiger partial charge is 0.516 e. The second-order valence-electron chi connectivity index (χ2n) is 2.51. The van der Waals surface area contributed by atoms with Gasteiger partial charge in [-0.25, -0.2) is 0 Å². The van der Waals surface area contributed by atoms with Crippen LogP contribution < -0.4 is 0 Å². The molecule has 0 aromatic rings. The van der Waals surface area contributed by atoms with Gasteiger partial charge in [0.15, 0.2) is 0 Å². The first-order valence-corrected chi connectivity index (χ1v) is 3.07. The van der Waals surface area contributed by atoms with Gasteiger partial charge in [0.1, 0.15) is 0 Å². The number of hydrogen-bond donors (Lipinski definition) is 1. The van der Waals surface area contributed by atoms with Gasteiger partial charge in [-0.1, -0.05) is 0 Å². The first kappa shape index (κ1) is 8.50. The number of hydrogen-bond acceptors (Lipinski definition) is 2. The molecule has 0 saturated carbocycles. The van der Waals surface area contributed by atoms with Crippen molar-refractivity contribution in [2.45, 2.75) is 19.9 Å². The summed E-state index contributed by atoms with van der Waals surface area (Å²) in [7, 11) is 3.97. The summed E-state index contributed by atoms with van der Waals surface area (Å²) in [5.41, 5.74) is 0.986. The van der Waals surface area contributed by atoms with Crippen LogP contribution in [0.25, 0.3) is 0 Å². The van der Waals surface area contributed by atoms with Crippen molar-refractivity contribution < 1.29 is 5.11 Å². The van der Waals surface area contributed by atoms with Crippen LogP contribution in [-0.4, -0.2) is 30.1 Å². The van der Waals surface area contributed by atoms with Crippen LogP contribution >= 0.6 is 0 Å². The molecular weight excluding hydrogens is 114 g/mol. The lowest BCUT2D eigenvalue weighted by atomic mass is 10.1. The molecule has 0 saturated heterocycles. The summed E-state index contributed by atoms with van der Waals surface area (Å²) >= 11 is 0. The van der Waals surface area contributed by atoms with Crippen LogP contribution in [0.15, 0.2) is 11.8 Å². The molecule has 0 spiro atoms. The van der Waals surface area contributed by atoms with E-state index < -0.39 is 0 Å². The van der Waals surface area contributed by atoms with Crippen molar-refractivity contribution in [3.63, 3.8) is 0 Å². The molecule has 54 valence electrons. The maximum atomic E-state index is 8.57. The van der Waals surface area contributed by atoms with Crippen LogP contribution in [0.5, 0.6) is 0 Å². The number of likely N-dealkylation sites (N-methyl/N-ethyl adjacent to an activating group) is 1. The second-order valence-corrected chi connectivity index (χ2v) is 2.51. The van der Waals surface area contributed by atoms with Crippen molar-refractivity contribution in [2.24, 2.45) is 0 Å². The van der Waals surface area contributed by atoms with Crippen LogP contribution in [0, 0.1) is 0 Å². The van der Waals surface area contributed by atoms with Gasteiger partial charge in [0.25, 0.3) is 0 Å². The van der Waals surface area contributed by atoms with Gasteiger partial charge in [0, 0.05) is 6.04 Å². The molecule has 0 aromatic carbocycles. The Labute approximate surface area is 56.8 Å². The highest BCUT2D eigenvalue weighted by atomic mass is 16.2. The van der Waals surface area contributed by atoms with Crippen molar-refractivity contribution in [3.8, 4) is 0 Å². The molecule has 0 aliphatic carbocycles. The predicted octanol–water partition coefficient (Wildman–Crippen LogP) is 1.40. The molecule has 1 unspecified atom stereocenters. The zero-order valence-electron chi connectivity index (χ0n) is 6.55. The van der Waals surface area contributed by atoms with Crippen LogP contribution in [-0.2, 0) is 0 Å². The lowest BCUT2D eigenvalue weighted by molar-refractivity contribution is 0.340. The summed E-state index contributed by atoms with van der Waals surface area (Å²) in [5.74, 6) is 0. The summed E-state index contributed by atoms with van der Waals surface area (Å²) in [5, 5.41) is 8.57. The monoisotopic (exact) mass is 129 g/mol. The van der Waals surface area contributed by atoms with Crippen LogP contribution in [0.4, 0.5) is 0 Å². The summed E-state index contributed by atoms with van der Waals surface area (Å²) in [6.07, 6.45) is 1.16. The summed E-state index contributed by atoms with van der Waals surface area (Å²) in [4.78, 5) is 2.04. The van der Waals surface area contributed by atoms with E-state index in [0.29, 0.717) is 6.04 Å². The fourth-order valence-corrected chi connectivity index (χ4v) is 0.515. The van der Waals surface area contributed by atoms with E-state index >= 15 is 0 Å². The Balaban J connectivity index is 3.88.